The highest BCUT2D eigenvalue weighted by atomic mass is 16.5. The molecule has 2 aromatic carbocycles. The third-order valence-corrected chi connectivity index (χ3v) is 6.53. The van der Waals surface area contributed by atoms with E-state index in [0.717, 1.165) is 12.0 Å². The number of hydrogen-bond donors (Lipinski definition) is 3. The zero-order valence-electron chi connectivity index (χ0n) is 21.0. The van der Waals surface area contributed by atoms with Crippen LogP contribution < -0.4 is 20.7 Å². The first-order valence-electron chi connectivity index (χ1n) is 12.4. The summed E-state index contributed by atoms with van der Waals surface area (Å²) in [5.74, 6) is 0.208. The average molecular weight is 495 g/mol. The molecule has 9 nitrogen and oxygen atoms in total. The van der Waals surface area contributed by atoms with Gasteiger partial charge in [0.2, 0.25) is 5.91 Å². The van der Waals surface area contributed by atoms with Crippen LogP contribution in [0.15, 0.2) is 42.5 Å². The number of carbonyl (C=O) groups is 3. The van der Waals surface area contributed by atoms with Crippen molar-refractivity contribution in [1.82, 2.24) is 10.2 Å². The first-order chi connectivity index (χ1) is 17.3. The summed E-state index contributed by atoms with van der Waals surface area (Å²) < 4.78 is 12.2. The lowest BCUT2D eigenvalue weighted by molar-refractivity contribution is -0.134. The zero-order valence-corrected chi connectivity index (χ0v) is 21.0. The molecule has 0 aliphatic carbocycles. The Balaban J connectivity index is 1.43. The molecular formula is C27H34N4O5. The standard InChI is InChI=1S/C27H34N4O5/c1-4-12-28-25(32)15-20-9-10-22-24(36-20)16-35-23-11-8-19(14-21(23)26(33)31(22)3)30-27(34)29-18-7-5-6-17(2)13-18/h5-8,11,13-14,20,22,24H,4,9-10,12,15-16H2,1-3H3,(H,28,32)(H2,29,30,34)/t20-,22+,24+/m1/s1. The number of likely N-dealkylation sites (N-methyl/N-ethyl adjacent to an activating group) is 1. The van der Waals surface area contributed by atoms with Crippen LogP contribution >= 0.6 is 0 Å². The summed E-state index contributed by atoms with van der Waals surface area (Å²) in [6.07, 6.45) is 2.06. The Bertz CT molecular complexity index is 1120. The number of benzene rings is 2. The van der Waals surface area contributed by atoms with E-state index in [4.69, 9.17) is 9.47 Å². The van der Waals surface area contributed by atoms with Gasteiger partial charge in [0.25, 0.3) is 5.91 Å². The topological polar surface area (TPSA) is 109 Å². The number of hydrogen-bond acceptors (Lipinski definition) is 5. The molecule has 36 heavy (non-hydrogen) atoms. The molecule has 0 radical (unpaired) electrons. The number of ether oxygens (including phenoxy) is 2. The number of carbonyl (C=O) groups excluding carboxylic acids is 3. The number of rotatable bonds is 6. The molecule has 192 valence electrons. The van der Waals surface area contributed by atoms with Gasteiger partial charge in [0.1, 0.15) is 18.5 Å². The number of fused-ring (bicyclic) bond motifs is 2. The van der Waals surface area contributed by atoms with Crippen LogP contribution in [0.3, 0.4) is 0 Å². The highest BCUT2D eigenvalue weighted by Crippen LogP contribution is 2.32. The summed E-state index contributed by atoms with van der Waals surface area (Å²) >= 11 is 0. The minimum Gasteiger partial charge on any atom is -0.490 e. The fourth-order valence-corrected chi connectivity index (χ4v) is 4.66. The predicted molar refractivity (Wildman–Crippen MR) is 137 cm³/mol. The maximum atomic E-state index is 13.4. The van der Waals surface area contributed by atoms with Crippen molar-refractivity contribution >= 4 is 29.2 Å². The minimum atomic E-state index is -0.400. The Morgan fingerprint density at radius 1 is 1.08 bits per heavy atom. The van der Waals surface area contributed by atoms with Crippen LogP contribution in [0.1, 0.15) is 48.5 Å². The third kappa shape index (κ3) is 6.15. The Morgan fingerprint density at radius 3 is 2.61 bits per heavy atom. The molecule has 3 N–H and O–H groups in total. The van der Waals surface area contributed by atoms with Crippen LogP contribution in [0.5, 0.6) is 5.75 Å². The van der Waals surface area contributed by atoms with Crippen LogP contribution in [0.25, 0.3) is 0 Å². The third-order valence-electron chi connectivity index (χ3n) is 6.53. The molecule has 9 heteroatoms. The molecule has 0 unspecified atom stereocenters. The smallest absolute Gasteiger partial charge is 0.323 e. The lowest BCUT2D eigenvalue weighted by atomic mass is 9.94. The molecular weight excluding hydrogens is 460 g/mol. The lowest BCUT2D eigenvalue weighted by Gasteiger charge is -2.42. The quantitative estimate of drug-likeness (QED) is 0.564. The summed E-state index contributed by atoms with van der Waals surface area (Å²) in [4.78, 5) is 39.7. The van der Waals surface area contributed by atoms with E-state index in [1.54, 1.807) is 30.1 Å². The summed E-state index contributed by atoms with van der Waals surface area (Å²) in [7, 11) is 1.76. The fourth-order valence-electron chi connectivity index (χ4n) is 4.66. The van der Waals surface area contributed by atoms with E-state index in [1.165, 1.54) is 0 Å². The highest BCUT2D eigenvalue weighted by molar-refractivity contribution is 6.02. The van der Waals surface area contributed by atoms with Gasteiger partial charge in [0.05, 0.1) is 24.1 Å². The van der Waals surface area contributed by atoms with Crippen molar-refractivity contribution in [3.63, 3.8) is 0 Å². The summed E-state index contributed by atoms with van der Waals surface area (Å²) in [5, 5.41) is 8.47. The molecule has 1 saturated heterocycles. The second kappa shape index (κ2) is 11.4. The van der Waals surface area contributed by atoms with E-state index < -0.39 is 6.03 Å². The van der Waals surface area contributed by atoms with E-state index in [9.17, 15) is 14.4 Å². The molecule has 0 bridgehead atoms. The molecule has 0 saturated carbocycles. The molecule has 4 amide bonds. The molecule has 0 aromatic heterocycles. The molecule has 1 fully saturated rings. The average Bonchev–Trinajstić information content (AvgIpc) is 2.85. The van der Waals surface area contributed by atoms with Crippen molar-refractivity contribution in [2.45, 2.75) is 57.8 Å². The van der Waals surface area contributed by atoms with Crippen LogP contribution in [0.2, 0.25) is 0 Å². The number of urea groups is 1. The molecule has 2 aliphatic rings. The summed E-state index contributed by atoms with van der Waals surface area (Å²) in [6.45, 7) is 4.88. The van der Waals surface area contributed by atoms with Crippen molar-refractivity contribution < 1.29 is 23.9 Å². The van der Waals surface area contributed by atoms with E-state index in [2.05, 4.69) is 16.0 Å². The lowest BCUT2D eigenvalue weighted by Crippen LogP contribution is -2.54. The van der Waals surface area contributed by atoms with Gasteiger partial charge in [-0.2, -0.15) is 0 Å². The Morgan fingerprint density at radius 2 is 1.86 bits per heavy atom. The number of nitrogens with one attached hydrogen (secondary N) is 3. The van der Waals surface area contributed by atoms with Crippen molar-refractivity contribution in [2.75, 3.05) is 30.8 Å². The number of aryl methyl sites for hydroxylation is 1. The molecule has 2 heterocycles. The van der Waals surface area contributed by atoms with Gasteiger partial charge in [0.15, 0.2) is 0 Å². The van der Waals surface area contributed by atoms with Gasteiger partial charge < -0.3 is 30.3 Å². The monoisotopic (exact) mass is 494 g/mol. The van der Waals surface area contributed by atoms with Crippen LogP contribution in [0, 0.1) is 6.92 Å². The van der Waals surface area contributed by atoms with Crippen LogP contribution in [0.4, 0.5) is 16.2 Å². The second-order valence-electron chi connectivity index (χ2n) is 9.38. The molecule has 4 rings (SSSR count). The largest absolute Gasteiger partial charge is 0.490 e. The van der Waals surface area contributed by atoms with Gasteiger partial charge in [-0.05, 0) is 62.1 Å². The second-order valence-corrected chi connectivity index (χ2v) is 9.38. The Labute approximate surface area is 211 Å². The van der Waals surface area contributed by atoms with E-state index >= 15 is 0 Å². The molecule has 0 spiro atoms. The maximum Gasteiger partial charge on any atom is 0.323 e. The van der Waals surface area contributed by atoms with Crippen LogP contribution in [-0.4, -0.2) is 61.2 Å². The SMILES string of the molecule is CCCNC(=O)C[C@H]1CC[C@H]2[C@H](COc3ccc(NC(=O)Nc4cccc(C)c4)cc3C(=O)N2C)O1. The minimum absolute atomic E-state index is 0.0201. The van der Waals surface area contributed by atoms with Gasteiger partial charge in [-0.3, -0.25) is 9.59 Å². The predicted octanol–water partition coefficient (Wildman–Crippen LogP) is 3.94. The van der Waals surface area contributed by atoms with E-state index in [-0.39, 0.29) is 36.7 Å². The number of amides is 4. The zero-order chi connectivity index (χ0) is 25.7. The Kier molecular flexibility index (Phi) is 8.10. The maximum absolute atomic E-state index is 13.4. The number of nitrogens with zero attached hydrogens (tertiary/aromatic N) is 1. The van der Waals surface area contributed by atoms with Gasteiger partial charge >= 0.3 is 6.03 Å². The fraction of sp³-hybridized carbons (Fsp3) is 0.444. The van der Waals surface area contributed by atoms with Gasteiger partial charge in [-0.15, -0.1) is 0 Å². The van der Waals surface area contributed by atoms with Crippen molar-refractivity contribution in [2.24, 2.45) is 0 Å². The Hall–Kier alpha value is -3.59. The summed E-state index contributed by atoms with van der Waals surface area (Å²) in [5.41, 5.74) is 2.59. The number of anilines is 2. The van der Waals surface area contributed by atoms with Gasteiger partial charge in [-0.1, -0.05) is 19.1 Å². The normalized spacial score (nSPS) is 21.2. The van der Waals surface area contributed by atoms with E-state index in [1.807, 2.05) is 38.1 Å². The highest BCUT2D eigenvalue weighted by Gasteiger charge is 2.39. The molecule has 3 atom stereocenters. The van der Waals surface area contributed by atoms with Crippen molar-refractivity contribution in [3.8, 4) is 5.75 Å². The van der Waals surface area contributed by atoms with Gasteiger partial charge in [0, 0.05) is 25.0 Å². The first kappa shape index (κ1) is 25.5. The van der Waals surface area contributed by atoms with Crippen molar-refractivity contribution in [1.29, 1.82) is 0 Å². The van der Waals surface area contributed by atoms with Gasteiger partial charge in [-0.25, -0.2) is 4.79 Å². The van der Waals surface area contributed by atoms with Crippen LogP contribution in [-0.2, 0) is 9.53 Å². The van der Waals surface area contributed by atoms with E-state index in [0.29, 0.717) is 48.5 Å². The molecule has 2 aromatic rings. The summed E-state index contributed by atoms with van der Waals surface area (Å²) in [6, 6.07) is 12.0. The molecule has 2 aliphatic heterocycles. The first-order valence-corrected chi connectivity index (χ1v) is 12.4. The van der Waals surface area contributed by atoms with Crippen molar-refractivity contribution in [3.05, 3.63) is 53.6 Å².